The Balaban J connectivity index is 1.85. The van der Waals surface area contributed by atoms with E-state index in [1.54, 1.807) is 18.2 Å². The Morgan fingerprint density at radius 2 is 1.84 bits per heavy atom. The van der Waals surface area contributed by atoms with Crippen LogP contribution in [0.2, 0.25) is 0 Å². The molecule has 1 aromatic heterocycles. The average molecular weight is 364 g/mol. The molecule has 7 nitrogen and oxygen atoms in total. The van der Waals surface area contributed by atoms with E-state index in [1.807, 2.05) is 16.8 Å². The molecule has 0 fully saturated rings. The van der Waals surface area contributed by atoms with Crippen LogP contribution in [-0.2, 0) is 16.1 Å². The number of thiophene rings is 1. The van der Waals surface area contributed by atoms with Gasteiger partial charge in [-0.15, -0.1) is 0 Å². The molecule has 0 saturated heterocycles. The lowest BCUT2D eigenvalue weighted by atomic mass is 10.1. The summed E-state index contributed by atoms with van der Waals surface area (Å²) in [6, 6.07) is 6.80. The summed E-state index contributed by atoms with van der Waals surface area (Å²) in [6.07, 6.45) is -0.978. The van der Waals surface area contributed by atoms with Crippen LogP contribution < -0.4 is 20.1 Å². The maximum absolute atomic E-state index is 11.8. The van der Waals surface area contributed by atoms with E-state index in [-0.39, 0.29) is 13.1 Å². The highest BCUT2D eigenvalue weighted by Gasteiger charge is 2.17. The van der Waals surface area contributed by atoms with E-state index >= 15 is 0 Å². The molecule has 25 heavy (non-hydrogen) atoms. The Kier molecular flexibility index (Phi) is 6.79. The number of hydrogen-bond acceptors (Lipinski definition) is 6. The van der Waals surface area contributed by atoms with Crippen LogP contribution in [0.15, 0.2) is 35.0 Å². The van der Waals surface area contributed by atoms with Crippen LogP contribution in [-0.4, -0.2) is 37.7 Å². The molecule has 1 aromatic carbocycles. The number of rotatable bonds is 7. The lowest BCUT2D eigenvalue weighted by Crippen LogP contribution is -2.41. The van der Waals surface area contributed by atoms with E-state index in [4.69, 9.17) is 9.47 Å². The molecule has 0 radical (unpaired) electrons. The average Bonchev–Trinajstić information content (AvgIpc) is 3.16. The summed E-state index contributed by atoms with van der Waals surface area (Å²) in [4.78, 5) is 23.5. The maximum atomic E-state index is 11.8. The molecule has 134 valence electrons. The fourth-order valence-electron chi connectivity index (χ4n) is 2.10. The molecule has 8 heteroatoms. The highest BCUT2D eigenvalue weighted by molar-refractivity contribution is 7.07. The van der Waals surface area contributed by atoms with Gasteiger partial charge in [0.05, 0.1) is 20.3 Å². The molecule has 2 aromatic rings. The first-order valence-corrected chi connectivity index (χ1v) is 8.46. The van der Waals surface area contributed by atoms with Gasteiger partial charge >= 0.3 is 11.8 Å². The highest BCUT2D eigenvalue weighted by atomic mass is 32.1. The molecule has 1 atom stereocenters. The topological polar surface area (TPSA) is 96.9 Å². The van der Waals surface area contributed by atoms with Crippen LogP contribution in [0.25, 0.3) is 0 Å². The van der Waals surface area contributed by atoms with E-state index in [1.165, 1.54) is 25.6 Å². The molecule has 0 spiro atoms. The van der Waals surface area contributed by atoms with Crippen molar-refractivity contribution in [3.8, 4) is 11.5 Å². The van der Waals surface area contributed by atoms with Crippen molar-refractivity contribution in [2.24, 2.45) is 0 Å². The fraction of sp³-hybridized carbons (Fsp3) is 0.294. The minimum atomic E-state index is -0.978. The van der Waals surface area contributed by atoms with Gasteiger partial charge in [-0.2, -0.15) is 11.3 Å². The van der Waals surface area contributed by atoms with Crippen LogP contribution in [0.1, 0.15) is 17.2 Å². The maximum Gasteiger partial charge on any atom is 0.309 e. The van der Waals surface area contributed by atoms with Crippen molar-refractivity contribution < 1.29 is 24.2 Å². The molecular formula is C17H20N2O5S. The highest BCUT2D eigenvalue weighted by Crippen LogP contribution is 2.29. The number of aliphatic hydroxyl groups excluding tert-OH is 1. The van der Waals surface area contributed by atoms with E-state index in [0.717, 1.165) is 5.56 Å². The summed E-state index contributed by atoms with van der Waals surface area (Å²) in [7, 11) is 3.01. The van der Waals surface area contributed by atoms with Crippen LogP contribution in [0.3, 0.4) is 0 Å². The summed E-state index contributed by atoms with van der Waals surface area (Å²) < 4.78 is 10.3. The van der Waals surface area contributed by atoms with Gasteiger partial charge < -0.3 is 25.2 Å². The molecule has 1 unspecified atom stereocenters. The van der Waals surface area contributed by atoms with Gasteiger partial charge in [0.25, 0.3) is 0 Å². The zero-order valence-corrected chi connectivity index (χ0v) is 14.8. The molecule has 0 bridgehead atoms. The lowest BCUT2D eigenvalue weighted by Gasteiger charge is -2.14. The molecule has 3 N–H and O–H groups in total. The quantitative estimate of drug-likeness (QED) is 0.642. The number of carbonyl (C=O) groups excluding carboxylic acids is 2. The van der Waals surface area contributed by atoms with Gasteiger partial charge in [0.15, 0.2) is 11.5 Å². The van der Waals surface area contributed by atoms with E-state index in [9.17, 15) is 14.7 Å². The molecule has 2 amide bonds. The third-order valence-electron chi connectivity index (χ3n) is 3.49. The Morgan fingerprint density at radius 3 is 2.48 bits per heavy atom. The van der Waals surface area contributed by atoms with Crippen molar-refractivity contribution in [2.45, 2.75) is 12.6 Å². The second-order valence-electron chi connectivity index (χ2n) is 5.15. The zero-order valence-electron chi connectivity index (χ0n) is 13.9. The van der Waals surface area contributed by atoms with Crippen LogP contribution in [0.4, 0.5) is 0 Å². The normalized spacial score (nSPS) is 11.5. The zero-order chi connectivity index (χ0) is 18.2. The van der Waals surface area contributed by atoms with Crippen molar-refractivity contribution in [1.82, 2.24) is 10.6 Å². The van der Waals surface area contributed by atoms with Crippen LogP contribution >= 0.6 is 11.3 Å². The van der Waals surface area contributed by atoms with Gasteiger partial charge in [-0.3, -0.25) is 9.59 Å². The summed E-state index contributed by atoms with van der Waals surface area (Å²) >= 11 is 1.51. The first kappa shape index (κ1) is 18.8. The number of ether oxygens (including phenoxy) is 2. The first-order valence-electron chi connectivity index (χ1n) is 7.52. The summed E-state index contributed by atoms with van der Waals surface area (Å²) in [6.45, 7) is 0.189. The van der Waals surface area contributed by atoms with Crippen LogP contribution in [0.5, 0.6) is 11.5 Å². The smallest absolute Gasteiger partial charge is 0.309 e. The number of benzene rings is 1. The van der Waals surface area contributed by atoms with Crippen molar-refractivity contribution in [1.29, 1.82) is 0 Å². The molecule has 0 aliphatic carbocycles. The Bertz CT molecular complexity index is 718. The summed E-state index contributed by atoms with van der Waals surface area (Å²) in [5.74, 6) is -0.533. The number of nitrogens with one attached hydrogen (secondary N) is 2. The Hall–Kier alpha value is -2.58. The Labute approximate surface area is 149 Å². The fourth-order valence-corrected chi connectivity index (χ4v) is 2.77. The molecular weight excluding hydrogens is 344 g/mol. The van der Waals surface area contributed by atoms with Crippen molar-refractivity contribution in [3.63, 3.8) is 0 Å². The van der Waals surface area contributed by atoms with Gasteiger partial charge in [-0.05, 0) is 40.1 Å². The SMILES string of the molecule is COc1ccc(C(O)CNC(=O)C(=O)NCc2ccsc2)cc1OC. The monoisotopic (exact) mass is 364 g/mol. The third-order valence-corrected chi connectivity index (χ3v) is 4.22. The van der Waals surface area contributed by atoms with Crippen molar-refractivity contribution in [3.05, 3.63) is 46.2 Å². The molecule has 2 rings (SSSR count). The van der Waals surface area contributed by atoms with Crippen molar-refractivity contribution in [2.75, 3.05) is 20.8 Å². The molecule has 0 aliphatic heterocycles. The van der Waals surface area contributed by atoms with Gasteiger partial charge in [-0.1, -0.05) is 6.07 Å². The number of amides is 2. The van der Waals surface area contributed by atoms with Crippen molar-refractivity contribution >= 4 is 23.2 Å². The molecule has 1 heterocycles. The lowest BCUT2D eigenvalue weighted by molar-refractivity contribution is -0.139. The van der Waals surface area contributed by atoms with E-state index in [2.05, 4.69) is 10.6 Å². The van der Waals surface area contributed by atoms with E-state index < -0.39 is 17.9 Å². The Morgan fingerprint density at radius 1 is 1.12 bits per heavy atom. The second kappa shape index (κ2) is 9.05. The minimum absolute atomic E-state index is 0.0970. The molecule has 0 saturated carbocycles. The van der Waals surface area contributed by atoms with Gasteiger partial charge in [0.2, 0.25) is 0 Å². The third kappa shape index (κ3) is 5.20. The predicted molar refractivity (Wildman–Crippen MR) is 93.7 cm³/mol. The minimum Gasteiger partial charge on any atom is -0.493 e. The van der Waals surface area contributed by atoms with E-state index in [0.29, 0.717) is 17.1 Å². The van der Waals surface area contributed by atoms with Gasteiger partial charge in [0.1, 0.15) is 0 Å². The predicted octanol–water partition coefficient (Wildman–Crippen LogP) is 1.23. The summed E-state index contributed by atoms with van der Waals surface area (Å²) in [5, 5.41) is 18.9. The largest absolute Gasteiger partial charge is 0.493 e. The second-order valence-corrected chi connectivity index (χ2v) is 5.93. The van der Waals surface area contributed by atoms with Crippen LogP contribution in [0, 0.1) is 0 Å². The van der Waals surface area contributed by atoms with Gasteiger partial charge in [0, 0.05) is 13.1 Å². The molecule has 0 aliphatic rings. The number of hydrogen-bond donors (Lipinski definition) is 3. The summed E-state index contributed by atoms with van der Waals surface area (Å²) in [5.41, 5.74) is 1.47. The number of methoxy groups -OCH3 is 2. The number of aliphatic hydroxyl groups is 1. The first-order chi connectivity index (χ1) is 12.0. The van der Waals surface area contributed by atoms with Gasteiger partial charge in [-0.25, -0.2) is 0 Å². The standard InChI is InChI=1S/C17H20N2O5S/c1-23-14-4-3-12(7-15(14)24-2)13(20)9-19-17(22)16(21)18-8-11-5-6-25-10-11/h3-7,10,13,20H,8-9H2,1-2H3,(H,18,21)(H,19,22). The number of carbonyl (C=O) groups is 2.